The van der Waals surface area contributed by atoms with Crippen molar-refractivity contribution in [2.24, 2.45) is 0 Å². The summed E-state index contributed by atoms with van der Waals surface area (Å²) in [6, 6.07) is 19.2. The van der Waals surface area contributed by atoms with E-state index in [9.17, 15) is 40.7 Å². The Kier molecular flexibility index (Phi) is 62.1. The van der Waals surface area contributed by atoms with Crippen molar-refractivity contribution in [2.45, 2.75) is 110 Å². The van der Waals surface area contributed by atoms with Crippen LogP contribution in [0.15, 0.2) is 72.8 Å². The van der Waals surface area contributed by atoms with E-state index in [0.29, 0.717) is 27.8 Å². The third-order valence-electron chi connectivity index (χ3n) is 7.56. The predicted molar refractivity (Wildman–Crippen MR) is 298 cm³/mol. The molecular formula is C57H74Cl3F6NO10. The number of ether oxygens (including phenoxy) is 5. The Morgan fingerprint density at radius 3 is 1.10 bits per heavy atom. The van der Waals surface area contributed by atoms with Gasteiger partial charge in [-0.1, -0.05) is 93.9 Å². The van der Waals surface area contributed by atoms with Crippen LogP contribution in [-0.2, 0) is 23.7 Å². The zero-order valence-corrected chi connectivity index (χ0v) is 43.5. The Morgan fingerprint density at radius 1 is 0.558 bits per heavy atom. The lowest BCUT2D eigenvalue weighted by molar-refractivity contribution is -0.526. The number of rotatable bonds is 17. The van der Waals surface area contributed by atoms with Crippen LogP contribution in [0.25, 0.3) is 0 Å². The fourth-order valence-electron chi connectivity index (χ4n) is 4.04. The van der Waals surface area contributed by atoms with Crippen molar-refractivity contribution < 1.29 is 74.6 Å². The van der Waals surface area contributed by atoms with Crippen molar-refractivity contribution in [3.63, 3.8) is 0 Å². The number of carbonyl (C=O) groups excluding carboxylic acids is 3. The van der Waals surface area contributed by atoms with E-state index in [-0.39, 0.29) is 47.9 Å². The topological polar surface area (TPSA) is 141 Å². The van der Waals surface area contributed by atoms with Gasteiger partial charge < -0.3 is 29.3 Å². The minimum absolute atomic E-state index is 0. The molecule has 3 aromatic carbocycles. The smallest absolute Gasteiger partial charge is 0.424 e. The van der Waals surface area contributed by atoms with Crippen LogP contribution >= 0.6 is 34.8 Å². The van der Waals surface area contributed by atoms with Crippen molar-refractivity contribution in [3.05, 3.63) is 106 Å². The molecule has 11 nitrogen and oxygen atoms in total. The number of nitrogens with zero attached hydrogens (tertiary/aromatic N) is 1. The maximum absolute atomic E-state index is 12.8. The minimum atomic E-state index is -5.50. The molecule has 0 aliphatic carbocycles. The quantitative estimate of drug-likeness (QED) is 0.0333. The number of halogens is 9. The summed E-state index contributed by atoms with van der Waals surface area (Å²) in [5.41, 5.74) is 3.15. The first kappa shape index (κ1) is 87.5. The van der Waals surface area contributed by atoms with Gasteiger partial charge in [-0.3, -0.25) is 9.53 Å². The molecule has 0 saturated heterocycles. The summed E-state index contributed by atoms with van der Waals surface area (Å²) in [7, 11) is 0. The van der Waals surface area contributed by atoms with Crippen LogP contribution in [-0.4, -0.2) is 103 Å². The number of aliphatic hydroxyl groups excluding tert-OH is 1. The Morgan fingerprint density at radius 2 is 0.857 bits per heavy atom. The molecule has 20 heteroatoms. The third-order valence-corrected chi connectivity index (χ3v) is 7.78. The van der Waals surface area contributed by atoms with E-state index in [4.69, 9.17) is 73.8 Å². The van der Waals surface area contributed by atoms with E-state index in [2.05, 4.69) is 93.2 Å². The number of hydrogen-bond acceptors (Lipinski definition) is 11. The summed E-state index contributed by atoms with van der Waals surface area (Å²) < 4.78 is 95.9. The molecular weight excluding hydrogens is 1080 g/mol. The molecule has 0 atom stereocenters. The maximum atomic E-state index is 12.8. The van der Waals surface area contributed by atoms with Crippen molar-refractivity contribution in [1.82, 2.24) is 4.90 Å². The molecule has 430 valence electrons. The fraction of sp³-hybridized carbons (Fsp3) is 0.421. The highest BCUT2D eigenvalue weighted by Crippen LogP contribution is 2.40. The van der Waals surface area contributed by atoms with Crippen molar-refractivity contribution >= 4 is 52.0 Å². The Bertz CT molecular complexity index is 2210. The van der Waals surface area contributed by atoms with E-state index in [1.54, 1.807) is 62.4 Å². The van der Waals surface area contributed by atoms with E-state index in [0.717, 1.165) is 5.56 Å². The zero-order valence-electron chi connectivity index (χ0n) is 41.2. The highest BCUT2D eigenvalue weighted by Gasteiger charge is 2.64. The highest BCUT2D eigenvalue weighted by molar-refractivity contribution is 6.67. The summed E-state index contributed by atoms with van der Waals surface area (Å²) in [6.07, 6.45) is 0.164. The molecule has 0 aliphatic rings. The average molecular weight is 1150 g/mol. The van der Waals surface area contributed by atoms with Crippen LogP contribution in [0.3, 0.4) is 0 Å². The fourth-order valence-corrected chi connectivity index (χ4v) is 4.16. The average Bonchev–Trinajstić information content (AvgIpc) is 3.38. The molecule has 0 radical (unpaired) electrons. The minimum Gasteiger partial charge on any atom is -0.424 e. The van der Waals surface area contributed by atoms with Gasteiger partial charge in [0, 0.05) is 22.3 Å². The largest absolute Gasteiger partial charge is 0.490 e. The summed E-state index contributed by atoms with van der Waals surface area (Å²) >= 11 is 14.7. The number of benzene rings is 3. The van der Waals surface area contributed by atoms with Gasteiger partial charge in [0.2, 0.25) is 6.79 Å². The molecule has 0 heterocycles. The molecule has 0 unspecified atom stereocenters. The van der Waals surface area contributed by atoms with Gasteiger partial charge >= 0.3 is 30.5 Å². The highest BCUT2D eigenvalue weighted by atomic mass is 35.5. The number of alkyl halides is 8. The van der Waals surface area contributed by atoms with Gasteiger partial charge in [-0.15, -0.1) is 51.3 Å². The standard InChI is InChI=1S/C19H12O4.C9H5ClO.C9H14F6O3.C8H6.C6H15N.CH2Cl2.CH4O2.4CH4/c1-3-14-5-9-16(10-6-14)18(20)22-13-23-19(21)17-11-7-15(4-2)8-12-17;1-2-7-3-5-8(6-4-7)9(10)11;1-3-5-16-7(10,11)8(12,13)18-9(14,15)17-6-4-2;1-3-5-7-8-6-4-2;1-4-7(5-2)6-3;2*2-1-3;;;;/h1-2,5-12H,13H2;1,3-6H;3-6H2,1-2H3;1-2H3;4-6H2,1-3H3;1H2;2-3H,1H2;4*1H4. The molecule has 0 bridgehead atoms. The number of aliphatic hydroxyl groups is 2. The second kappa shape index (κ2) is 54.6. The first-order valence-electron chi connectivity index (χ1n) is 21.3. The second-order valence-corrected chi connectivity index (χ2v) is 13.7. The number of esters is 2. The van der Waals surface area contributed by atoms with Crippen molar-refractivity contribution in [1.29, 1.82) is 0 Å². The van der Waals surface area contributed by atoms with E-state index in [1.165, 1.54) is 57.7 Å². The summed E-state index contributed by atoms with van der Waals surface area (Å²) in [5.74, 6) is 21.6. The van der Waals surface area contributed by atoms with Crippen molar-refractivity contribution in [3.8, 4) is 72.6 Å². The van der Waals surface area contributed by atoms with E-state index < -0.39 is 62.5 Å². The van der Waals surface area contributed by atoms with Gasteiger partial charge in [-0.2, -0.15) is 17.6 Å². The Balaban J connectivity index is -0.000000131. The van der Waals surface area contributed by atoms with E-state index >= 15 is 0 Å². The molecule has 0 saturated carbocycles. The van der Waals surface area contributed by atoms with E-state index in [1.807, 2.05) is 0 Å². The van der Waals surface area contributed by atoms with Crippen LogP contribution in [0.1, 0.15) is 139 Å². The normalized spacial score (nSPS) is 9.09. The van der Waals surface area contributed by atoms with Crippen LogP contribution < -0.4 is 0 Å². The van der Waals surface area contributed by atoms with Gasteiger partial charge in [-0.05, 0) is 154 Å². The third kappa shape index (κ3) is 45.7. The first-order valence-corrected chi connectivity index (χ1v) is 22.7. The number of terminal acetylenes is 3. The first-order chi connectivity index (χ1) is 34.5. The van der Waals surface area contributed by atoms with Gasteiger partial charge in [0.05, 0.1) is 29.7 Å². The lowest BCUT2D eigenvalue weighted by atomic mass is 10.1. The van der Waals surface area contributed by atoms with Gasteiger partial charge in [0.15, 0.2) is 0 Å². The molecule has 77 heavy (non-hydrogen) atoms. The monoisotopic (exact) mass is 1150 g/mol. The molecule has 0 aliphatic heterocycles. The number of carbonyl (C=O) groups is 3. The van der Waals surface area contributed by atoms with Crippen LogP contribution in [0.4, 0.5) is 26.3 Å². The Labute approximate surface area is 469 Å². The summed E-state index contributed by atoms with van der Waals surface area (Å²) in [5, 5.41) is 14.0. The van der Waals surface area contributed by atoms with Crippen molar-refractivity contribution in [2.75, 3.05) is 51.8 Å². The molecule has 0 amide bonds. The summed E-state index contributed by atoms with van der Waals surface area (Å²) in [6.45, 7) is 13.8. The van der Waals surface area contributed by atoms with Gasteiger partial charge in [0.1, 0.15) is 6.79 Å². The lowest BCUT2D eigenvalue weighted by Gasteiger charge is -2.28. The molecule has 3 rings (SSSR count). The lowest BCUT2D eigenvalue weighted by Crippen LogP contribution is -2.49. The maximum Gasteiger partial charge on any atom is 0.490 e. The SMILES string of the molecule is C.C.C.C.C#Cc1ccc(C(=O)Cl)cc1.C#Cc1ccc(C(=O)OCOC(=O)c2ccc(C#C)cc2)cc1.CC#CC#CC#CC.CCCOC(F)(F)OC(F)(F)C(F)(F)OCCC.CCN(CC)CC.ClCCl.OCO. The van der Waals surface area contributed by atoms with Gasteiger partial charge in [0.25, 0.3) is 5.24 Å². The predicted octanol–water partition coefficient (Wildman–Crippen LogP) is 13.5. The molecule has 3 aromatic rings. The molecule has 0 aromatic heterocycles. The molecule has 0 fully saturated rings. The van der Waals surface area contributed by atoms with Crippen LogP contribution in [0, 0.1) is 72.6 Å². The zero-order chi connectivity index (χ0) is 56.7. The Hall–Kier alpha value is -6.16. The number of hydrogen-bond donors (Lipinski definition) is 2. The molecule has 0 spiro atoms. The second-order valence-electron chi connectivity index (χ2n) is 12.6. The summed E-state index contributed by atoms with van der Waals surface area (Å²) in [4.78, 5) is 36.5. The van der Waals surface area contributed by atoms with Crippen LogP contribution in [0.2, 0.25) is 0 Å². The van der Waals surface area contributed by atoms with Crippen LogP contribution in [0.5, 0.6) is 0 Å². The van der Waals surface area contributed by atoms with Gasteiger partial charge in [-0.25, -0.2) is 14.3 Å². The molecule has 2 N–H and O–H groups in total.